The maximum Gasteiger partial charge on any atom is 0.335 e. The lowest BCUT2D eigenvalue weighted by Crippen LogP contribution is -2.29. The number of carbonyl (C=O) groups is 3. The molecule has 22 heavy (non-hydrogen) atoms. The Morgan fingerprint density at radius 2 is 1.50 bits per heavy atom. The maximum absolute atomic E-state index is 10.4. The second-order valence-corrected chi connectivity index (χ2v) is 4.42. The maximum atomic E-state index is 10.4. The second kappa shape index (κ2) is 10.3. The molecule has 0 aliphatic rings. The van der Waals surface area contributed by atoms with Crippen LogP contribution in [0, 0.1) is 0 Å². The average Bonchev–Trinajstić information content (AvgIpc) is 2.48. The number of aliphatic carboxylic acids is 1. The Morgan fingerprint density at radius 1 is 1.00 bits per heavy atom. The summed E-state index contributed by atoms with van der Waals surface area (Å²) in [6.07, 6.45) is 2.16. The number of benzene rings is 1. The van der Waals surface area contributed by atoms with Crippen LogP contribution in [-0.2, 0) is 4.79 Å². The Morgan fingerprint density at radius 3 is 1.86 bits per heavy atom. The van der Waals surface area contributed by atoms with Crippen LogP contribution < -0.4 is 11.5 Å². The quantitative estimate of drug-likeness (QED) is 0.457. The molecule has 0 aromatic heterocycles. The largest absolute Gasteiger partial charge is 0.480 e. The van der Waals surface area contributed by atoms with Gasteiger partial charge in [-0.1, -0.05) is 12.5 Å². The van der Waals surface area contributed by atoms with Crippen molar-refractivity contribution in [3.05, 3.63) is 35.4 Å². The van der Waals surface area contributed by atoms with Gasteiger partial charge in [-0.2, -0.15) is 0 Å². The van der Waals surface area contributed by atoms with Gasteiger partial charge in [-0.25, -0.2) is 9.59 Å². The van der Waals surface area contributed by atoms with Crippen molar-refractivity contribution in [2.24, 2.45) is 11.5 Å². The van der Waals surface area contributed by atoms with Gasteiger partial charge in [0.05, 0.1) is 11.1 Å². The fraction of sp³-hybridized carbons (Fsp3) is 0.357. The van der Waals surface area contributed by atoms with E-state index in [2.05, 4.69) is 0 Å². The molecule has 0 amide bonds. The van der Waals surface area contributed by atoms with Gasteiger partial charge in [-0.15, -0.1) is 0 Å². The van der Waals surface area contributed by atoms with Crippen LogP contribution >= 0.6 is 0 Å². The molecular weight excluding hydrogens is 292 g/mol. The Bertz CT molecular complexity index is 489. The van der Waals surface area contributed by atoms with Crippen LogP contribution in [0.1, 0.15) is 40.0 Å². The van der Waals surface area contributed by atoms with Gasteiger partial charge in [0.25, 0.3) is 0 Å². The summed E-state index contributed by atoms with van der Waals surface area (Å²) in [5.41, 5.74) is 10.4. The standard InChI is InChI=1S/C8H6O4.C6H14N2O2/c9-7(10)5-2-1-3-6(4-5)8(11)12;7-4-2-1-3-5(8)6(9)10/h1-4H,(H,9,10)(H,11,12);5H,1-4,7-8H2,(H,9,10). The molecule has 7 N–H and O–H groups in total. The van der Waals surface area contributed by atoms with Crippen LogP contribution in [0.2, 0.25) is 0 Å². The highest BCUT2D eigenvalue weighted by Crippen LogP contribution is 2.04. The molecule has 0 heterocycles. The first kappa shape index (κ1) is 19.6. The Labute approximate surface area is 127 Å². The molecule has 0 fully saturated rings. The number of hydrogen-bond donors (Lipinski definition) is 5. The third-order valence-electron chi connectivity index (χ3n) is 2.64. The third-order valence-corrected chi connectivity index (χ3v) is 2.64. The minimum absolute atomic E-state index is 0.0186. The van der Waals surface area contributed by atoms with E-state index in [0.29, 0.717) is 13.0 Å². The van der Waals surface area contributed by atoms with Crippen molar-refractivity contribution in [2.75, 3.05) is 6.54 Å². The zero-order valence-electron chi connectivity index (χ0n) is 11.9. The first-order valence-electron chi connectivity index (χ1n) is 6.54. The number of rotatable bonds is 7. The molecule has 1 unspecified atom stereocenters. The fourth-order valence-electron chi connectivity index (χ4n) is 1.42. The molecule has 1 aromatic rings. The molecule has 0 bridgehead atoms. The number of aromatic carboxylic acids is 2. The van der Waals surface area contributed by atoms with Gasteiger partial charge in [0.1, 0.15) is 6.04 Å². The lowest BCUT2D eigenvalue weighted by Gasteiger charge is -2.03. The van der Waals surface area contributed by atoms with Crippen LogP contribution in [0.5, 0.6) is 0 Å². The Kier molecular flexibility index (Phi) is 9.15. The lowest BCUT2D eigenvalue weighted by molar-refractivity contribution is -0.138. The Balaban J connectivity index is 0.000000409. The molecule has 0 aliphatic carbocycles. The molecule has 0 aliphatic heterocycles. The van der Waals surface area contributed by atoms with E-state index in [1.54, 1.807) is 0 Å². The molecule has 0 saturated carbocycles. The van der Waals surface area contributed by atoms with E-state index in [4.69, 9.17) is 26.8 Å². The van der Waals surface area contributed by atoms with E-state index in [-0.39, 0.29) is 11.1 Å². The van der Waals surface area contributed by atoms with Crippen molar-refractivity contribution in [1.82, 2.24) is 0 Å². The van der Waals surface area contributed by atoms with E-state index in [1.165, 1.54) is 18.2 Å². The summed E-state index contributed by atoms with van der Waals surface area (Å²) in [7, 11) is 0. The van der Waals surface area contributed by atoms with Crippen molar-refractivity contribution in [1.29, 1.82) is 0 Å². The van der Waals surface area contributed by atoms with Gasteiger partial charge < -0.3 is 26.8 Å². The van der Waals surface area contributed by atoms with E-state index >= 15 is 0 Å². The first-order chi connectivity index (χ1) is 10.3. The van der Waals surface area contributed by atoms with Crippen LogP contribution in [0.15, 0.2) is 24.3 Å². The van der Waals surface area contributed by atoms with Crippen molar-refractivity contribution in [3.63, 3.8) is 0 Å². The molecule has 122 valence electrons. The number of hydrogen-bond acceptors (Lipinski definition) is 5. The summed E-state index contributed by atoms with van der Waals surface area (Å²) in [6.45, 7) is 0.604. The summed E-state index contributed by atoms with van der Waals surface area (Å²) < 4.78 is 0. The molecule has 1 aromatic carbocycles. The molecule has 8 heteroatoms. The van der Waals surface area contributed by atoms with Gasteiger partial charge in [0, 0.05) is 0 Å². The molecule has 1 rings (SSSR count). The van der Waals surface area contributed by atoms with Crippen molar-refractivity contribution in [3.8, 4) is 0 Å². The highest BCUT2D eigenvalue weighted by molar-refractivity contribution is 5.93. The molecular formula is C14H20N2O6. The predicted molar refractivity (Wildman–Crippen MR) is 78.9 cm³/mol. The highest BCUT2D eigenvalue weighted by Gasteiger charge is 2.09. The van der Waals surface area contributed by atoms with Crippen molar-refractivity contribution < 1.29 is 29.7 Å². The van der Waals surface area contributed by atoms with E-state index < -0.39 is 23.9 Å². The summed E-state index contributed by atoms with van der Waals surface area (Å²) in [5, 5.41) is 25.3. The van der Waals surface area contributed by atoms with E-state index in [0.717, 1.165) is 18.9 Å². The van der Waals surface area contributed by atoms with Crippen LogP contribution in [0.4, 0.5) is 0 Å². The Hall–Kier alpha value is -2.45. The first-order valence-corrected chi connectivity index (χ1v) is 6.54. The number of unbranched alkanes of at least 4 members (excludes halogenated alkanes) is 1. The minimum atomic E-state index is -1.13. The monoisotopic (exact) mass is 312 g/mol. The molecule has 0 saturated heterocycles. The van der Waals surface area contributed by atoms with Gasteiger partial charge in [-0.3, -0.25) is 4.79 Å². The highest BCUT2D eigenvalue weighted by atomic mass is 16.4. The van der Waals surface area contributed by atoms with Crippen molar-refractivity contribution in [2.45, 2.75) is 25.3 Å². The molecule has 0 radical (unpaired) electrons. The van der Waals surface area contributed by atoms with Gasteiger partial charge >= 0.3 is 17.9 Å². The number of nitrogens with two attached hydrogens (primary N) is 2. The van der Waals surface area contributed by atoms with E-state index in [1.807, 2.05) is 0 Å². The van der Waals surface area contributed by atoms with Crippen molar-refractivity contribution >= 4 is 17.9 Å². The van der Waals surface area contributed by atoms with Crippen LogP contribution in [0.25, 0.3) is 0 Å². The third kappa shape index (κ3) is 7.98. The normalized spacial score (nSPS) is 11.0. The van der Waals surface area contributed by atoms with Gasteiger partial charge in [-0.05, 0) is 37.6 Å². The van der Waals surface area contributed by atoms with E-state index in [9.17, 15) is 14.4 Å². The average molecular weight is 312 g/mol. The fourth-order valence-corrected chi connectivity index (χ4v) is 1.42. The van der Waals surface area contributed by atoms with Crippen LogP contribution in [0.3, 0.4) is 0 Å². The summed E-state index contributed by atoms with van der Waals surface area (Å²) >= 11 is 0. The molecule has 1 atom stereocenters. The summed E-state index contributed by atoms with van der Waals surface area (Å²) in [4.78, 5) is 30.9. The topological polar surface area (TPSA) is 164 Å². The predicted octanol–water partition coefficient (Wildman–Crippen LogP) is 0.610. The summed E-state index contributed by atoms with van der Waals surface area (Å²) in [6, 6.07) is 4.48. The zero-order chi connectivity index (χ0) is 17.1. The lowest BCUT2D eigenvalue weighted by atomic mass is 10.1. The second-order valence-electron chi connectivity index (χ2n) is 4.42. The van der Waals surface area contributed by atoms with Gasteiger partial charge in [0.15, 0.2) is 0 Å². The minimum Gasteiger partial charge on any atom is -0.480 e. The smallest absolute Gasteiger partial charge is 0.335 e. The number of carboxylic acid groups (broad SMARTS) is 3. The van der Waals surface area contributed by atoms with Crippen LogP contribution in [-0.4, -0.2) is 45.8 Å². The van der Waals surface area contributed by atoms with Gasteiger partial charge in [0.2, 0.25) is 0 Å². The SMILES string of the molecule is NCCCCC(N)C(=O)O.O=C(O)c1cccc(C(=O)O)c1. The number of carboxylic acids is 3. The molecule has 0 spiro atoms. The zero-order valence-corrected chi connectivity index (χ0v) is 11.9. The molecule has 8 nitrogen and oxygen atoms in total. The summed E-state index contributed by atoms with van der Waals surface area (Å²) in [5.74, 6) is -3.19.